The predicted molar refractivity (Wildman–Crippen MR) is 243 cm³/mol. The molecule has 2 atom stereocenters. The third-order valence-corrected chi connectivity index (χ3v) is 15.3. The number of fused-ring (bicyclic) bond motifs is 2. The van der Waals surface area contributed by atoms with Crippen LogP contribution in [0.4, 0.5) is 11.4 Å². The Bertz CT molecular complexity index is 2890. The Morgan fingerprint density at radius 2 is 1.38 bits per heavy atom. The highest BCUT2D eigenvalue weighted by atomic mass is 32.2. The fourth-order valence-corrected chi connectivity index (χ4v) is 10.7. The number of rotatable bonds is 24. The van der Waals surface area contributed by atoms with E-state index < -0.39 is 90.4 Å². The maximum absolute atomic E-state index is 12.4. The number of unbranched alkanes of at least 4 members (excludes halogenated alkanes) is 2. The molecule has 1 N–H and O–H groups in total. The second-order valence-electron chi connectivity index (χ2n) is 16.9. The smallest absolute Gasteiger partial charge is 0.333 e. The van der Waals surface area contributed by atoms with Crippen LogP contribution < -0.4 is 4.90 Å². The van der Waals surface area contributed by atoms with E-state index in [1.54, 1.807) is 54.0 Å². The zero-order valence-electron chi connectivity index (χ0n) is 37.6. The molecule has 372 valence electrons. The minimum atomic E-state index is -4.94. The van der Waals surface area contributed by atoms with Crippen LogP contribution in [0.3, 0.4) is 0 Å². The van der Waals surface area contributed by atoms with Gasteiger partial charge in [-0.1, -0.05) is 36.8 Å². The molecular formula is C44H53N3O17S4-2. The first-order valence-electron chi connectivity index (χ1n) is 21.5. The molecule has 0 aliphatic carbocycles. The summed E-state index contributed by atoms with van der Waals surface area (Å²) >= 11 is 0. The van der Waals surface area contributed by atoms with Gasteiger partial charge in [-0.25, -0.2) is 30.0 Å². The first kappa shape index (κ1) is 54.0. The minimum Gasteiger partial charge on any atom is -0.748 e. The molecule has 3 heterocycles. The standard InChI is InChI=1S/C44H55N3O17S4/c1-43(23-12-28-65(51,52)53)34-30-32(67(57,58)59)17-19-36(34)46(26-13-29-66(54,55)56)38(43)14-8-5-4-6-9-15-39-44(2,24-27-63-3)35-31-33(68(60,61)62)18-20-37(35)45(39)25-11-7-10-16-42(50)64-47-40(48)21-22-41(47)49/h4-6,8-9,14-15,17-20,30-31H,7,10-13,16,21-29H2,1-3H3,(H3-,51,52,53,54,55,56,57,58,59,60,61,62)/p-2. The van der Waals surface area contributed by atoms with Crippen molar-refractivity contribution >= 4 is 75.3 Å². The summed E-state index contributed by atoms with van der Waals surface area (Å²) in [6.07, 6.45) is 13.4. The molecule has 0 bridgehead atoms. The van der Waals surface area contributed by atoms with Crippen molar-refractivity contribution in [2.24, 2.45) is 0 Å². The van der Waals surface area contributed by atoms with E-state index in [0.29, 0.717) is 65.5 Å². The van der Waals surface area contributed by atoms with Gasteiger partial charge in [0.15, 0.2) is 5.71 Å². The first-order chi connectivity index (χ1) is 31.7. The van der Waals surface area contributed by atoms with E-state index in [1.807, 2.05) is 17.9 Å². The molecule has 3 aliphatic heterocycles. The summed E-state index contributed by atoms with van der Waals surface area (Å²) in [6, 6.07) is 7.84. The van der Waals surface area contributed by atoms with Gasteiger partial charge in [0, 0.05) is 86.2 Å². The molecule has 0 spiro atoms. The number of hydroxylamine groups is 2. The van der Waals surface area contributed by atoms with Crippen molar-refractivity contribution in [3.63, 3.8) is 0 Å². The van der Waals surface area contributed by atoms with Crippen molar-refractivity contribution in [3.8, 4) is 0 Å². The molecule has 2 amide bonds. The second kappa shape index (κ2) is 21.8. The highest BCUT2D eigenvalue weighted by Crippen LogP contribution is 2.51. The molecule has 2 aromatic carbocycles. The molecule has 3 aliphatic rings. The topological polar surface area (TPSA) is 305 Å². The van der Waals surface area contributed by atoms with Crippen LogP contribution in [0.2, 0.25) is 0 Å². The van der Waals surface area contributed by atoms with Crippen LogP contribution in [-0.4, -0.2) is 123 Å². The van der Waals surface area contributed by atoms with Crippen LogP contribution >= 0.6 is 0 Å². The SMILES string of the molecule is COCCC1(C)C(=CC=CC=CC=CC2=[N+](CCCS(=O)(=O)O)c3ccc(S(=O)(=O)[O-])cc3C2(C)CCCS(=O)(=O)[O-])N(CCCCCC(=O)ON2C(=O)CCC2=O)c2ccc(S(=O)(=O)[O-])cc21. The second-order valence-corrected chi connectivity index (χ2v) is 22.8. The van der Waals surface area contributed by atoms with E-state index >= 15 is 0 Å². The van der Waals surface area contributed by atoms with Crippen LogP contribution in [0.5, 0.6) is 0 Å². The lowest BCUT2D eigenvalue weighted by molar-refractivity contribution is -0.437. The average Bonchev–Trinajstić information content (AvgIpc) is 3.76. The summed E-state index contributed by atoms with van der Waals surface area (Å²) in [5.74, 6) is -3.22. The van der Waals surface area contributed by atoms with Gasteiger partial charge in [0.05, 0.1) is 31.1 Å². The Hall–Kier alpha value is -4.92. The van der Waals surface area contributed by atoms with Crippen molar-refractivity contribution in [3.05, 3.63) is 95.8 Å². The van der Waals surface area contributed by atoms with Crippen molar-refractivity contribution in [2.75, 3.05) is 43.2 Å². The molecule has 2 aromatic rings. The molecule has 0 saturated carbocycles. The van der Waals surface area contributed by atoms with Gasteiger partial charge in [0.25, 0.3) is 21.9 Å². The summed E-state index contributed by atoms with van der Waals surface area (Å²) in [5.41, 5.74) is 1.14. The van der Waals surface area contributed by atoms with Gasteiger partial charge in [-0.05, 0) is 87.9 Å². The number of allylic oxidation sites excluding steroid dienone is 8. The molecule has 68 heavy (non-hydrogen) atoms. The van der Waals surface area contributed by atoms with E-state index in [1.165, 1.54) is 31.4 Å². The van der Waals surface area contributed by atoms with E-state index in [4.69, 9.17) is 9.57 Å². The minimum absolute atomic E-state index is 0.00114. The number of methoxy groups -OCH3 is 1. The molecular weight excluding hydrogens is 971 g/mol. The number of anilines is 1. The highest BCUT2D eigenvalue weighted by Gasteiger charge is 2.48. The Kier molecular flexibility index (Phi) is 17.3. The maximum atomic E-state index is 12.4. The molecule has 1 fully saturated rings. The number of nitrogens with zero attached hydrogens (tertiary/aromatic N) is 3. The van der Waals surface area contributed by atoms with E-state index in [9.17, 15) is 66.3 Å². The number of imide groups is 1. The fourth-order valence-electron chi connectivity index (χ4n) is 8.70. The molecule has 0 aromatic heterocycles. The number of ether oxygens (including phenoxy) is 1. The predicted octanol–water partition coefficient (Wildman–Crippen LogP) is 3.99. The third kappa shape index (κ3) is 13.4. The van der Waals surface area contributed by atoms with Gasteiger partial charge in [-0.15, -0.1) is 5.06 Å². The number of hydrogen-bond acceptors (Lipinski definition) is 17. The molecule has 0 radical (unpaired) electrons. The summed E-state index contributed by atoms with van der Waals surface area (Å²) in [4.78, 5) is 42.1. The Morgan fingerprint density at radius 3 is 2.00 bits per heavy atom. The lowest BCUT2D eigenvalue weighted by Crippen LogP contribution is -2.32. The number of carbonyl (C=O) groups is 3. The molecule has 2 unspecified atom stereocenters. The van der Waals surface area contributed by atoms with Crippen LogP contribution in [0.15, 0.2) is 94.4 Å². The maximum Gasteiger partial charge on any atom is 0.333 e. The van der Waals surface area contributed by atoms with Gasteiger partial charge in [0.1, 0.15) is 26.8 Å². The molecule has 5 rings (SSSR count). The Morgan fingerprint density at radius 1 is 0.765 bits per heavy atom. The lowest BCUT2D eigenvalue weighted by atomic mass is 9.76. The van der Waals surface area contributed by atoms with Crippen LogP contribution in [-0.2, 0) is 75.3 Å². The number of carbonyl (C=O) groups excluding carboxylic acids is 3. The van der Waals surface area contributed by atoms with E-state index in [-0.39, 0.29) is 51.7 Å². The third-order valence-electron chi connectivity index (χ3n) is 12.1. The zero-order chi connectivity index (χ0) is 50.3. The Balaban J connectivity index is 1.44. The summed E-state index contributed by atoms with van der Waals surface area (Å²) in [5, 5.41) is 0.497. The van der Waals surface area contributed by atoms with Crippen LogP contribution in [0.1, 0.15) is 89.2 Å². The van der Waals surface area contributed by atoms with E-state index in [0.717, 1.165) is 11.8 Å². The first-order valence-corrected chi connectivity index (χ1v) is 27.5. The molecule has 1 saturated heterocycles. The van der Waals surface area contributed by atoms with Gasteiger partial charge in [-0.2, -0.15) is 13.0 Å². The monoisotopic (exact) mass is 1020 g/mol. The van der Waals surface area contributed by atoms with Crippen molar-refractivity contribution in [1.29, 1.82) is 0 Å². The normalized spacial score (nSPS) is 20.8. The highest BCUT2D eigenvalue weighted by molar-refractivity contribution is 7.86. The summed E-state index contributed by atoms with van der Waals surface area (Å²) in [7, 11) is -17.2. The molecule has 24 heteroatoms. The number of benzene rings is 2. The summed E-state index contributed by atoms with van der Waals surface area (Å²) < 4.78 is 147. The van der Waals surface area contributed by atoms with Crippen molar-refractivity contribution < 1.29 is 80.4 Å². The van der Waals surface area contributed by atoms with Gasteiger partial charge >= 0.3 is 5.97 Å². The lowest BCUT2D eigenvalue weighted by Gasteiger charge is -2.30. The Labute approximate surface area is 396 Å². The van der Waals surface area contributed by atoms with Crippen molar-refractivity contribution in [1.82, 2.24) is 5.06 Å². The number of hydrogen-bond donors (Lipinski definition) is 1. The zero-order valence-corrected chi connectivity index (χ0v) is 40.8. The van der Waals surface area contributed by atoms with Gasteiger partial charge < -0.3 is 28.1 Å². The number of amides is 2. The fraction of sp³-hybridized carbons (Fsp3) is 0.455. The molecule has 20 nitrogen and oxygen atoms in total. The quantitative estimate of drug-likeness (QED) is 0.0511. The largest absolute Gasteiger partial charge is 0.748 e. The van der Waals surface area contributed by atoms with E-state index in [2.05, 4.69) is 0 Å². The van der Waals surface area contributed by atoms with Gasteiger partial charge in [-0.3, -0.25) is 14.1 Å². The summed E-state index contributed by atoms with van der Waals surface area (Å²) in [6.45, 7) is 4.25. The van der Waals surface area contributed by atoms with Crippen molar-refractivity contribution in [2.45, 2.75) is 98.7 Å². The van der Waals surface area contributed by atoms with Gasteiger partial charge in [0.2, 0.25) is 5.69 Å². The van der Waals surface area contributed by atoms with Crippen LogP contribution in [0.25, 0.3) is 0 Å². The average molecular weight is 1020 g/mol. The van der Waals surface area contributed by atoms with Crippen LogP contribution in [0, 0.1) is 0 Å².